The molecule has 34 heavy (non-hydrogen) atoms. The SMILES string of the molecule is CC(=O)CCC(=O)N1CCC(C2OCc3cc(-c4ccc(C(=O)N(C)C)cc4)ccc3O2)CC1. The van der Waals surface area contributed by atoms with E-state index in [9.17, 15) is 14.4 Å². The summed E-state index contributed by atoms with van der Waals surface area (Å²) in [6.45, 7) is 3.33. The zero-order valence-electron chi connectivity index (χ0n) is 20.1. The van der Waals surface area contributed by atoms with Gasteiger partial charge in [-0.2, -0.15) is 0 Å². The molecular formula is C27H32N2O5. The van der Waals surface area contributed by atoms with E-state index in [4.69, 9.17) is 9.47 Å². The molecule has 0 spiro atoms. The first-order valence-corrected chi connectivity index (χ1v) is 11.8. The summed E-state index contributed by atoms with van der Waals surface area (Å²) in [4.78, 5) is 38.9. The van der Waals surface area contributed by atoms with Gasteiger partial charge in [-0.3, -0.25) is 9.59 Å². The Bertz CT molecular complexity index is 1060. The minimum Gasteiger partial charge on any atom is -0.464 e. The quantitative estimate of drug-likeness (QED) is 0.648. The third-order valence-electron chi connectivity index (χ3n) is 6.55. The van der Waals surface area contributed by atoms with Crippen LogP contribution in [0, 0.1) is 5.92 Å². The molecule has 0 N–H and O–H groups in total. The number of Topliss-reactive ketones (excluding diaryl/α,β-unsaturated/α-hetero) is 1. The molecule has 4 rings (SSSR count). The second-order valence-electron chi connectivity index (χ2n) is 9.32. The van der Waals surface area contributed by atoms with Crippen molar-refractivity contribution < 1.29 is 23.9 Å². The van der Waals surface area contributed by atoms with E-state index in [1.54, 1.807) is 19.0 Å². The maximum Gasteiger partial charge on any atom is 0.253 e. The third kappa shape index (κ3) is 5.47. The average Bonchev–Trinajstić information content (AvgIpc) is 2.86. The van der Waals surface area contributed by atoms with Crippen LogP contribution in [-0.2, 0) is 20.9 Å². The lowest BCUT2D eigenvalue weighted by molar-refractivity contribution is -0.154. The maximum atomic E-state index is 12.3. The summed E-state index contributed by atoms with van der Waals surface area (Å²) >= 11 is 0. The van der Waals surface area contributed by atoms with Crippen molar-refractivity contribution in [1.82, 2.24) is 9.80 Å². The zero-order valence-corrected chi connectivity index (χ0v) is 20.1. The predicted molar refractivity (Wildman–Crippen MR) is 128 cm³/mol. The van der Waals surface area contributed by atoms with Crippen LogP contribution in [0.15, 0.2) is 42.5 Å². The molecule has 1 saturated heterocycles. The van der Waals surface area contributed by atoms with Gasteiger partial charge >= 0.3 is 0 Å². The summed E-state index contributed by atoms with van der Waals surface area (Å²) in [7, 11) is 3.49. The van der Waals surface area contributed by atoms with E-state index in [-0.39, 0.29) is 29.8 Å². The number of carbonyl (C=O) groups excluding carboxylic acids is 3. The Kier molecular flexibility index (Phi) is 7.32. The van der Waals surface area contributed by atoms with Crippen LogP contribution in [0.1, 0.15) is 48.5 Å². The Hall–Kier alpha value is -3.19. The first-order chi connectivity index (χ1) is 16.3. The van der Waals surface area contributed by atoms with Crippen LogP contribution in [0.5, 0.6) is 5.75 Å². The van der Waals surface area contributed by atoms with Gasteiger partial charge < -0.3 is 24.1 Å². The van der Waals surface area contributed by atoms with Gasteiger partial charge in [0.2, 0.25) is 12.2 Å². The number of ketones is 1. The molecule has 2 aliphatic rings. The number of fused-ring (bicyclic) bond motifs is 1. The van der Waals surface area contributed by atoms with E-state index in [0.717, 1.165) is 35.3 Å². The molecule has 0 aliphatic carbocycles. The summed E-state index contributed by atoms with van der Waals surface area (Å²) in [5, 5.41) is 0. The molecular weight excluding hydrogens is 432 g/mol. The van der Waals surface area contributed by atoms with Crippen LogP contribution in [0.2, 0.25) is 0 Å². The number of ether oxygens (including phenoxy) is 2. The molecule has 1 atom stereocenters. The van der Waals surface area contributed by atoms with Crippen LogP contribution in [0.3, 0.4) is 0 Å². The Morgan fingerprint density at radius 1 is 0.971 bits per heavy atom. The number of carbonyl (C=O) groups is 3. The molecule has 2 amide bonds. The van der Waals surface area contributed by atoms with Crippen molar-refractivity contribution in [3.63, 3.8) is 0 Å². The number of nitrogens with zero attached hydrogens (tertiary/aromatic N) is 2. The molecule has 2 aromatic carbocycles. The summed E-state index contributed by atoms with van der Waals surface area (Å²) in [6, 6.07) is 13.7. The van der Waals surface area contributed by atoms with Crippen LogP contribution in [0.4, 0.5) is 0 Å². The van der Waals surface area contributed by atoms with Crippen molar-refractivity contribution in [2.75, 3.05) is 27.2 Å². The molecule has 0 saturated carbocycles. The molecule has 0 radical (unpaired) electrons. The second kappa shape index (κ2) is 10.4. The fraction of sp³-hybridized carbons (Fsp3) is 0.444. The molecule has 2 heterocycles. The third-order valence-corrected chi connectivity index (χ3v) is 6.55. The number of piperidine rings is 1. The largest absolute Gasteiger partial charge is 0.464 e. The van der Waals surface area contributed by atoms with Crippen LogP contribution in [0.25, 0.3) is 11.1 Å². The first-order valence-electron chi connectivity index (χ1n) is 11.8. The Morgan fingerprint density at radius 3 is 2.29 bits per heavy atom. The Labute approximate surface area is 200 Å². The molecule has 7 heteroatoms. The maximum absolute atomic E-state index is 12.3. The van der Waals surface area contributed by atoms with Crippen LogP contribution in [-0.4, -0.2) is 60.9 Å². The normalized spacial score (nSPS) is 18.1. The monoisotopic (exact) mass is 464 g/mol. The average molecular weight is 465 g/mol. The van der Waals surface area contributed by atoms with Crippen molar-refractivity contribution in [2.45, 2.75) is 45.5 Å². The highest BCUT2D eigenvalue weighted by Gasteiger charge is 2.33. The van der Waals surface area contributed by atoms with Crippen molar-refractivity contribution in [2.24, 2.45) is 5.92 Å². The zero-order chi connectivity index (χ0) is 24.2. The molecule has 180 valence electrons. The fourth-order valence-corrected chi connectivity index (χ4v) is 4.48. The van der Waals surface area contributed by atoms with E-state index in [2.05, 4.69) is 6.07 Å². The van der Waals surface area contributed by atoms with E-state index < -0.39 is 0 Å². The molecule has 1 unspecified atom stereocenters. The summed E-state index contributed by atoms with van der Waals surface area (Å²) in [5.74, 6) is 1.14. The lowest BCUT2D eigenvalue weighted by Gasteiger charge is -2.37. The number of benzene rings is 2. The van der Waals surface area contributed by atoms with E-state index in [1.165, 1.54) is 6.92 Å². The van der Waals surface area contributed by atoms with Gasteiger partial charge in [0.1, 0.15) is 11.5 Å². The lowest BCUT2D eigenvalue weighted by atomic mass is 9.95. The van der Waals surface area contributed by atoms with E-state index >= 15 is 0 Å². The topological polar surface area (TPSA) is 76.2 Å². The highest BCUT2D eigenvalue weighted by molar-refractivity contribution is 5.94. The molecule has 2 aromatic rings. The van der Waals surface area contributed by atoms with E-state index in [0.29, 0.717) is 38.1 Å². The number of amides is 2. The molecule has 0 bridgehead atoms. The number of rotatable bonds is 6. The summed E-state index contributed by atoms with van der Waals surface area (Å²) in [6.07, 6.45) is 1.93. The summed E-state index contributed by atoms with van der Waals surface area (Å²) < 4.78 is 12.3. The van der Waals surface area contributed by atoms with Crippen molar-refractivity contribution >= 4 is 17.6 Å². The van der Waals surface area contributed by atoms with Crippen LogP contribution < -0.4 is 4.74 Å². The highest BCUT2D eigenvalue weighted by atomic mass is 16.7. The lowest BCUT2D eigenvalue weighted by Crippen LogP contribution is -2.44. The van der Waals surface area contributed by atoms with E-state index in [1.807, 2.05) is 41.3 Å². The van der Waals surface area contributed by atoms with Gasteiger partial charge in [0, 0.05) is 57.1 Å². The van der Waals surface area contributed by atoms with Crippen molar-refractivity contribution in [3.05, 3.63) is 53.6 Å². The number of hydrogen-bond acceptors (Lipinski definition) is 5. The molecule has 2 aliphatic heterocycles. The van der Waals surface area contributed by atoms with Gasteiger partial charge in [-0.1, -0.05) is 18.2 Å². The minimum absolute atomic E-state index is 0.0175. The molecule has 0 aromatic heterocycles. The molecule has 1 fully saturated rings. The Morgan fingerprint density at radius 2 is 1.65 bits per heavy atom. The number of hydrogen-bond donors (Lipinski definition) is 0. The smallest absolute Gasteiger partial charge is 0.253 e. The van der Waals surface area contributed by atoms with Crippen LogP contribution >= 0.6 is 0 Å². The molecule has 7 nitrogen and oxygen atoms in total. The standard InChI is InChI=1S/C27H32N2O5/c1-18(30)4-11-25(31)29-14-12-21(13-15-29)27-33-17-23-16-22(9-10-24(23)34-27)19-5-7-20(8-6-19)26(32)28(2)3/h5-10,16,21,27H,4,11-15,17H2,1-3H3. The minimum atomic E-state index is -0.316. The van der Waals surface area contributed by atoms with Gasteiger partial charge in [0.25, 0.3) is 5.91 Å². The van der Waals surface area contributed by atoms with Gasteiger partial charge in [-0.15, -0.1) is 0 Å². The van der Waals surface area contributed by atoms with Gasteiger partial charge in [-0.25, -0.2) is 0 Å². The van der Waals surface area contributed by atoms with Gasteiger partial charge in [0.05, 0.1) is 6.61 Å². The number of likely N-dealkylation sites (tertiary alicyclic amines) is 1. The van der Waals surface area contributed by atoms with Gasteiger partial charge in [0.15, 0.2) is 0 Å². The predicted octanol–water partition coefficient (Wildman–Crippen LogP) is 3.90. The summed E-state index contributed by atoms with van der Waals surface area (Å²) in [5.41, 5.74) is 3.74. The first kappa shape index (κ1) is 24.0. The van der Waals surface area contributed by atoms with Crippen molar-refractivity contribution in [1.29, 1.82) is 0 Å². The van der Waals surface area contributed by atoms with Crippen molar-refractivity contribution in [3.8, 4) is 16.9 Å². The Balaban J connectivity index is 1.35. The highest BCUT2D eigenvalue weighted by Crippen LogP contribution is 2.35. The van der Waals surface area contributed by atoms with Gasteiger partial charge in [-0.05, 0) is 55.2 Å². The fourth-order valence-electron chi connectivity index (χ4n) is 4.48. The second-order valence-corrected chi connectivity index (χ2v) is 9.32.